The van der Waals surface area contributed by atoms with Crippen LogP contribution in [-0.2, 0) is 16.4 Å². The molecule has 1 aromatic rings. The third-order valence-corrected chi connectivity index (χ3v) is 4.73. The van der Waals surface area contributed by atoms with E-state index in [0.717, 1.165) is 5.69 Å². The zero-order valence-corrected chi connectivity index (χ0v) is 11.6. The molecule has 98 valence electrons. The lowest BCUT2D eigenvalue weighted by atomic mass is 10.2. The summed E-state index contributed by atoms with van der Waals surface area (Å²) in [6, 6.07) is 4.21. The van der Waals surface area contributed by atoms with Crippen molar-refractivity contribution in [3.63, 3.8) is 0 Å². The molecular weight excluding hydrogens is 236 g/mol. The Labute approximate surface area is 104 Å². The first-order valence-electron chi connectivity index (χ1n) is 6.03. The van der Waals surface area contributed by atoms with Gasteiger partial charge < -0.3 is 9.88 Å². The molecule has 0 fully saturated rings. The van der Waals surface area contributed by atoms with E-state index in [4.69, 9.17) is 0 Å². The molecule has 0 saturated carbocycles. The molecule has 0 saturated heterocycles. The highest BCUT2D eigenvalue weighted by Gasteiger charge is 2.12. The van der Waals surface area contributed by atoms with Gasteiger partial charge in [-0.15, -0.1) is 0 Å². The molecule has 0 spiro atoms. The van der Waals surface area contributed by atoms with Crippen LogP contribution in [0.1, 0.15) is 32.0 Å². The van der Waals surface area contributed by atoms with Crippen LogP contribution in [-0.4, -0.2) is 31.5 Å². The predicted octanol–water partition coefficient (Wildman–Crippen LogP) is 1.59. The molecule has 4 nitrogen and oxygen atoms in total. The Morgan fingerprint density at radius 3 is 2.71 bits per heavy atom. The number of nitrogens with one attached hydrogen (secondary N) is 1. The van der Waals surface area contributed by atoms with Crippen LogP contribution in [0.2, 0.25) is 0 Å². The van der Waals surface area contributed by atoms with Gasteiger partial charge in [0, 0.05) is 30.2 Å². The first kappa shape index (κ1) is 14.3. The first-order chi connectivity index (χ1) is 8.00. The fraction of sp³-hybridized carbons (Fsp3) is 0.667. The second kappa shape index (κ2) is 6.21. The van der Waals surface area contributed by atoms with Gasteiger partial charge in [-0.25, -0.2) is 8.42 Å². The van der Waals surface area contributed by atoms with Crippen molar-refractivity contribution in [3.05, 3.63) is 24.0 Å². The Kier molecular flexibility index (Phi) is 5.21. The van der Waals surface area contributed by atoms with E-state index in [1.165, 1.54) is 0 Å². The van der Waals surface area contributed by atoms with Crippen molar-refractivity contribution < 1.29 is 8.42 Å². The second-order valence-corrected chi connectivity index (χ2v) is 6.59. The molecule has 0 amide bonds. The summed E-state index contributed by atoms with van der Waals surface area (Å²) in [5.41, 5.74) is 1.12. The predicted molar refractivity (Wildman–Crippen MR) is 70.9 cm³/mol. The third kappa shape index (κ3) is 4.16. The summed E-state index contributed by atoms with van der Waals surface area (Å²) < 4.78 is 25.3. The standard InChI is InChI=1S/C12H22N2O2S/c1-4-9-17(15,16)10-8-14-7-5-6-12(14)11(2)13-3/h5-7,11,13H,4,8-10H2,1-3H3. The lowest BCUT2D eigenvalue weighted by Gasteiger charge is -2.14. The van der Waals surface area contributed by atoms with Crippen LogP contribution >= 0.6 is 0 Å². The van der Waals surface area contributed by atoms with Crippen molar-refractivity contribution in [2.75, 3.05) is 18.6 Å². The topological polar surface area (TPSA) is 51.1 Å². The average molecular weight is 258 g/mol. The monoisotopic (exact) mass is 258 g/mol. The highest BCUT2D eigenvalue weighted by atomic mass is 32.2. The minimum Gasteiger partial charge on any atom is -0.349 e. The SMILES string of the molecule is CCCS(=O)(=O)CCn1cccc1C(C)NC. The lowest BCUT2D eigenvalue weighted by Crippen LogP contribution is -2.20. The fourth-order valence-corrected chi connectivity index (χ4v) is 3.12. The van der Waals surface area contributed by atoms with Gasteiger partial charge >= 0.3 is 0 Å². The zero-order chi connectivity index (χ0) is 12.9. The van der Waals surface area contributed by atoms with Gasteiger partial charge in [-0.3, -0.25) is 0 Å². The fourth-order valence-electron chi connectivity index (χ4n) is 1.82. The summed E-state index contributed by atoms with van der Waals surface area (Å²) in [7, 11) is -1.000. The van der Waals surface area contributed by atoms with Crippen molar-refractivity contribution in [1.29, 1.82) is 0 Å². The van der Waals surface area contributed by atoms with E-state index < -0.39 is 9.84 Å². The maximum absolute atomic E-state index is 11.6. The maximum atomic E-state index is 11.6. The van der Waals surface area contributed by atoms with E-state index in [-0.39, 0.29) is 17.5 Å². The number of rotatable bonds is 7. The Morgan fingerprint density at radius 1 is 1.41 bits per heavy atom. The van der Waals surface area contributed by atoms with Crippen molar-refractivity contribution >= 4 is 9.84 Å². The van der Waals surface area contributed by atoms with Gasteiger partial charge in [-0.1, -0.05) is 6.92 Å². The van der Waals surface area contributed by atoms with Crippen LogP contribution in [0.3, 0.4) is 0 Å². The van der Waals surface area contributed by atoms with Crippen LogP contribution in [0.4, 0.5) is 0 Å². The normalized spacial score (nSPS) is 13.8. The minimum absolute atomic E-state index is 0.221. The van der Waals surface area contributed by atoms with Gasteiger partial charge in [0.05, 0.1) is 5.75 Å². The molecule has 5 heteroatoms. The summed E-state index contributed by atoms with van der Waals surface area (Å²) in [6.45, 7) is 4.49. The molecule has 1 heterocycles. The molecule has 1 aromatic heterocycles. The largest absolute Gasteiger partial charge is 0.349 e. The molecule has 0 aliphatic heterocycles. The summed E-state index contributed by atoms with van der Waals surface area (Å²) in [5, 5.41) is 3.16. The molecule has 1 atom stereocenters. The highest BCUT2D eigenvalue weighted by Crippen LogP contribution is 2.13. The Balaban J connectivity index is 2.67. The van der Waals surface area contributed by atoms with Crippen LogP contribution in [0.15, 0.2) is 18.3 Å². The maximum Gasteiger partial charge on any atom is 0.152 e. The smallest absolute Gasteiger partial charge is 0.152 e. The highest BCUT2D eigenvalue weighted by molar-refractivity contribution is 7.91. The number of aromatic nitrogens is 1. The number of aryl methyl sites for hydroxylation is 1. The van der Waals surface area contributed by atoms with Gasteiger partial charge in [0.25, 0.3) is 0 Å². The average Bonchev–Trinajstić information content (AvgIpc) is 2.73. The quantitative estimate of drug-likeness (QED) is 0.808. The van der Waals surface area contributed by atoms with Gasteiger partial charge in [-0.2, -0.15) is 0 Å². The number of nitrogens with zero attached hydrogens (tertiary/aromatic N) is 1. The van der Waals surface area contributed by atoms with E-state index in [9.17, 15) is 8.42 Å². The van der Waals surface area contributed by atoms with Crippen LogP contribution < -0.4 is 5.32 Å². The minimum atomic E-state index is -2.90. The van der Waals surface area contributed by atoms with Crippen molar-refractivity contribution in [2.24, 2.45) is 0 Å². The molecule has 0 aliphatic rings. The Bertz CT molecular complexity index is 437. The summed E-state index contributed by atoms with van der Waals surface area (Å²) in [4.78, 5) is 0. The van der Waals surface area contributed by atoms with Crippen molar-refractivity contribution in [3.8, 4) is 0 Å². The van der Waals surface area contributed by atoms with E-state index in [2.05, 4.69) is 12.2 Å². The van der Waals surface area contributed by atoms with Gasteiger partial charge in [0.15, 0.2) is 9.84 Å². The second-order valence-electron chi connectivity index (χ2n) is 4.29. The first-order valence-corrected chi connectivity index (χ1v) is 7.85. The van der Waals surface area contributed by atoms with E-state index >= 15 is 0 Å². The lowest BCUT2D eigenvalue weighted by molar-refractivity contribution is 0.566. The Morgan fingerprint density at radius 2 is 2.12 bits per heavy atom. The van der Waals surface area contributed by atoms with Crippen LogP contribution in [0.25, 0.3) is 0 Å². The number of hydrogen-bond donors (Lipinski definition) is 1. The van der Waals surface area contributed by atoms with E-state index in [1.54, 1.807) is 0 Å². The van der Waals surface area contributed by atoms with E-state index in [1.807, 2.05) is 36.9 Å². The summed E-state index contributed by atoms with van der Waals surface area (Å²) in [5.74, 6) is 0.504. The van der Waals surface area contributed by atoms with Crippen LogP contribution in [0, 0.1) is 0 Å². The Hall–Kier alpha value is -0.810. The molecule has 0 aliphatic carbocycles. The molecule has 1 N–H and O–H groups in total. The number of hydrogen-bond acceptors (Lipinski definition) is 3. The van der Waals surface area contributed by atoms with Crippen molar-refractivity contribution in [2.45, 2.75) is 32.9 Å². The van der Waals surface area contributed by atoms with Crippen LogP contribution in [0.5, 0.6) is 0 Å². The molecule has 0 aromatic carbocycles. The molecule has 1 unspecified atom stereocenters. The molecule has 0 bridgehead atoms. The molecule has 0 radical (unpaired) electrons. The van der Waals surface area contributed by atoms with Gasteiger partial charge in [0.2, 0.25) is 0 Å². The van der Waals surface area contributed by atoms with Gasteiger partial charge in [-0.05, 0) is 32.5 Å². The zero-order valence-electron chi connectivity index (χ0n) is 10.8. The summed E-state index contributed by atoms with van der Waals surface area (Å²) >= 11 is 0. The van der Waals surface area contributed by atoms with E-state index in [0.29, 0.717) is 13.0 Å². The number of sulfone groups is 1. The summed E-state index contributed by atoms with van der Waals surface area (Å²) in [6.07, 6.45) is 2.62. The van der Waals surface area contributed by atoms with Gasteiger partial charge in [0.1, 0.15) is 0 Å². The van der Waals surface area contributed by atoms with Crippen molar-refractivity contribution in [1.82, 2.24) is 9.88 Å². The molecule has 17 heavy (non-hydrogen) atoms. The molecular formula is C12H22N2O2S. The molecule has 1 rings (SSSR count). The third-order valence-electron chi connectivity index (χ3n) is 2.90.